The monoisotopic (exact) mass is 323 g/mol. The molecule has 0 radical (unpaired) electrons. The number of ether oxygens (including phenoxy) is 1. The molecule has 3 N–H and O–H groups in total. The van der Waals surface area contributed by atoms with Crippen LogP contribution in [-0.2, 0) is 6.42 Å². The van der Waals surface area contributed by atoms with Crippen LogP contribution in [0.5, 0.6) is 11.5 Å². The van der Waals surface area contributed by atoms with Crippen molar-refractivity contribution in [1.29, 1.82) is 0 Å². The third-order valence-electron chi connectivity index (χ3n) is 4.66. The van der Waals surface area contributed by atoms with E-state index in [-0.39, 0.29) is 0 Å². The molecule has 4 nitrogen and oxygen atoms in total. The Morgan fingerprint density at radius 1 is 1.25 bits per heavy atom. The molecule has 1 atom stereocenters. The summed E-state index contributed by atoms with van der Waals surface area (Å²) in [6.07, 6.45) is 3.90. The summed E-state index contributed by atoms with van der Waals surface area (Å²) in [6.45, 7) is 2.25. The van der Waals surface area contributed by atoms with Crippen molar-refractivity contribution in [2.75, 3.05) is 19.0 Å². The molecule has 0 bridgehead atoms. The van der Waals surface area contributed by atoms with Gasteiger partial charge < -0.3 is 20.7 Å². The van der Waals surface area contributed by atoms with Crippen molar-refractivity contribution in [1.82, 2.24) is 5.32 Å². The van der Waals surface area contributed by atoms with Gasteiger partial charge in [-0.1, -0.05) is 18.2 Å². The molecule has 0 aliphatic carbocycles. The first-order valence-electron chi connectivity index (χ1n) is 8.36. The molecule has 0 fully saturated rings. The van der Waals surface area contributed by atoms with E-state index >= 15 is 0 Å². The SMILES string of the molecule is CN/C=C(\N)c1ccc2c(c1Oc1ccccc1)CCC(C)N2C. The van der Waals surface area contributed by atoms with Gasteiger partial charge in [-0.25, -0.2) is 0 Å². The lowest BCUT2D eigenvalue weighted by Crippen LogP contribution is -2.33. The molecule has 3 rings (SSSR count). The lowest BCUT2D eigenvalue weighted by Gasteiger charge is -2.35. The lowest BCUT2D eigenvalue weighted by atomic mass is 9.93. The van der Waals surface area contributed by atoms with Gasteiger partial charge in [-0.05, 0) is 44.0 Å². The molecule has 1 heterocycles. The van der Waals surface area contributed by atoms with Crippen LogP contribution in [0.3, 0.4) is 0 Å². The molecule has 2 aromatic rings. The third kappa shape index (κ3) is 3.04. The van der Waals surface area contributed by atoms with Crippen molar-refractivity contribution >= 4 is 11.4 Å². The van der Waals surface area contributed by atoms with Gasteiger partial charge in [0.2, 0.25) is 0 Å². The Hall–Kier alpha value is -2.62. The summed E-state index contributed by atoms with van der Waals surface area (Å²) in [5, 5.41) is 3.00. The Bertz CT molecular complexity index is 740. The fourth-order valence-electron chi connectivity index (χ4n) is 3.16. The number of fused-ring (bicyclic) bond motifs is 1. The number of rotatable bonds is 4. The van der Waals surface area contributed by atoms with E-state index in [1.54, 1.807) is 6.20 Å². The summed E-state index contributed by atoms with van der Waals surface area (Å²) >= 11 is 0. The van der Waals surface area contributed by atoms with Crippen LogP contribution in [0.25, 0.3) is 5.70 Å². The first kappa shape index (κ1) is 16.2. The van der Waals surface area contributed by atoms with Crippen LogP contribution in [0.15, 0.2) is 48.7 Å². The average molecular weight is 323 g/mol. The molecule has 2 aromatic carbocycles. The standard InChI is InChI=1S/C20H25N3O/c1-14-9-10-17-19(23(14)3)12-11-16(18(21)13-22-2)20(17)24-15-7-5-4-6-8-15/h4-8,11-14,22H,9-10,21H2,1-3H3/b18-13-. The van der Waals surface area contributed by atoms with E-state index in [1.807, 2.05) is 37.4 Å². The van der Waals surface area contributed by atoms with E-state index in [9.17, 15) is 0 Å². The highest BCUT2D eigenvalue weighted by Crippen LogP contribution is 2.41. The zero-order valence-electron chi connectivity index (χ0n) is 14.5. The van der Waals surface area contributed by atoms with Gasteiger partial charge in [0.05, 0.1) is 5.70 Å². The van der Waals surface area contributed by atoms with E-state index < -0.39 is 0 Å². The van der Waals surface area contributed by atoms with Crippen molar-refractivity contribution in [3.8, 4) is 11.5 Å². The van der Waals surface area contributed by atoms with Crippen LogP contribution < -0.4 is 20.7 Å². The maximum Gasteiger partial charge on any atom is 0.142 e. The maximum absolute atomic E-state index is 6.28. The molecule has 1 unspecified atom stereocenters. The summed E-state index contributed by atoms with van der Waals surface area (Å²) in [6, 6.07) is 14.6. The van der Waals surface area contributed by atoms with Gasteiger partial charge in [-0.2, -0.15) is 0 Å². The average Bonchev–Trinajstić information content (AvgIpc) is 2.59. The number of para-hydroxylation sites is 1. The minimum absolute atomic E-state index is 0.526. The second-order valence-corrected chi connectivity index (χ2v) is 6.24. The van der Waals surface area contributed by atoms with Crippen molar-refractivity contribution in [2.24, 2.45) is 5.73 Å². The Balaban J connectivity index is 2.12. The topological polar surface area (TPSA) is 50.5 Å². The van der Waals surface area contributed by atoms with Gasteiger partial charge in [-0.15, -0.1) is 0 Å². The Morgan fingerprint density at radius 2 is 2.00 bits per heavy atom. The highest BCUT2D eigenvalue weighted by molar-refractivity contribution is 5.75. The highest BCUT2D eigenvalue weighted by Gasteiger charge is 2.25. The zero-order chi connectivity index (χ0) is 17.1. The second-order valence-electron chi connectivity index (χ2n) is 6.24. The second kappa shape index (κ2) is 6.87. The number of nitrogens with one attached hydrogen (secondary N) is 1. The smallest absolute Gasteiger partial charge is 0.142 e. The van der Waals surface area contributed by atoms with Crippen LogP contribution in [-0.4, -0.2) is 20.1 Å². The van der Waals surface area contributed by atoms with Gasteiger partial charge in [-0.3, -0.25) is 0 Å². The summed E-state index contributed by atoms with van der Waals surface area (Å²) in [7, 11) is 3.99. The molecule has 1 aliphatic rings. The Morgan fingerprint density at radius 3 is 2.71 bits per heavy atom. The van der Waals surface area contributed by atoms with E-state index in [0.717, 1.165) is 29.9 Å². The minimum atomic E-state index is 0.526. The number of nitrogens with two attached hydrogens (primary N) is 1. The lowest BCUT2D eigenvalue weighted by molar-refractivity contribution is 0.467. The quantitative estimate of drug-likeness (QED) is 0.900. The maximum atomic E-state index is 6.28. The predicted octanol–water partition coefficient (Wildman–Crippen LogP) is 3.73. The molecule has 126 valence electrons. The summed E-state index contributed by atoms with van der Waals surface area (Å²) < 4.78 is 6.28. The molecule has 0 aromatic heterocycles. The Kier molecular flexibility index (Phi) is 4.65. The number of hydrogen-bond acceptors (Lipinski definition) is 4. The van der Waals surface area contributed by atoms with Crippen LogP contribution >= 0.6 is 0 Å². The number of anilines is 1. The molecule has 24 heavy (non-hydrogen) atoms. The molecule has 4 heteroatoms. The van der Waals surface area contributed by atoms with Crippen LogP contribution in [0.4, 0.5) is 5.69 Å². The van der Waals surface area contributed by atoms with Gasteiger partial charge in [0.25, 0.3) is 0 Å². The number of hydrogen-bond donors (Lipinski definition) is 2. The predicted molar refractivity (Wildman–Crippen MR) is 100 cm³/mol. The van der Waals surface area contributed by atoms with Crippen LogP contribution in [0.2, 0.25) is 0 Å². The molecule has 0 saturated heterocycles. The van der Waals surface area contributed by atoms with Crippen LogP contribution in [0, 0.1) is 0 Å². The van der Waals surface area contributed by atoms with Crippen molar-refractivity contribution in [3.63, 3.8) is 0 Å². The molecular formula is C20H25N3O. The Labute approximate surface area is 143 Å². The largest absolute Gasteiger partial charge is 0.456 e. The van der Waals surface area contributed by atoms with E-state index in [4.69, 9.17) is 10.5 Å². The minimum Gasteiger partial charge on any atom is -0.456 e. The van der Waals surface area contributed by atoms with Gasteiger partial charge in [0.15, 0.2) is 0 Å². The third-order valence-corrected chi connectivity index (χ3v) is 4.66. The molecule has 0 spiro atoms. The molecular weight excluding hydrogens is 298 g/mol. The van der Waals surface area contributed by atoms with Crippen molar-refractivity contribution in [2.45, 2.75) is 25.8 Å². The fourth-order valence-corrected chi connectivity index (χ4v) is 3.16. The van der Waals surface area contributed by atoms with Gasteiger partial charge in [0, 0.05) is 43.2 Å². The first-order chi connectivity index (χ1) is 11.6. The molecule has 0 saturated carbocycles. The van der Waals surface area contributed by atoms with Crippen molar-refractivity contribution in [3.05, 3.63) is 59.8 Å². The first-order valence-corrected chi connectivity index (χ1v) is 8.36. The normalized spacial score (nSPS) is 17.4. The summed E-state index contributed by atoms with van der Waals surface area (Å²) in [5.41, 5.74) is 10.3. The highest BCUT2D eigenvalue weighted by atomic mass is 16.5. The van der Waals surface area contributed by atoms with Crippen LogP contribution in [0.1, 0.15) is 24.5 Å². The zero-order valence-corrected chi connectivity index (χ0v) is 14.5. The molecule has 0 amide bonds. The fraction of sp³-hybridized carbons (Fsp3) is 0.300. The number of benzene rings is 2. The molecule has 1 aliphatic heterocycles. The van der Waals surface area contributed by atoms with Gasteiger partial charge >= 0.3 is 0 Å². The van der Waals surface area contributed by atoms with Crippen molar-refractivity contribution < 1.29 is 4.74 Å². The van der Waals surface area contributed by atoms with Gasteiger partial charge in [0.1, 0.15) is 11.5 Å². The van der Waals surface area contributed by atoms with E-state index in [2.05, 4.69) is 36.3 Å². The van der Waals surface area contributed by atoms with E-state index in [1.165, 1.54) is 11.3 Å². The number of nitrogens with zero attached hydrogens (tertiary/aromatic N) is 1. The summed E-state index contributed by atoms with van der Waals surface area (Å²) in [5.74, 6) is 1.69. The summed E-state index contributed by atoms with van der Waals surface area (Å²) in [4.78, 5) is 2.32. The van der Waals surface area contributed by atoms with E-state index in [0.29, 0.717) is 11.7 Å².